The number of rotatable bonds is 4. The molecule has 70 valence electrons. The number of benzene rings is 1. The lowest BCUT2D eigenvalue weighted by atomic mass is 10.1. The van der Waals surface area contributed by atoms with E-state index in [0.717, 1.165) is 5.56 Å². The number of Topliss-reactive ketones (excluding diaryl/α,β-unsaturated/α-hetero) is 1. The molecule has 0 fully saturated rings. The highest BCUT2D eigenvalue weighted by Crippen LogP contribution is 2.05. The zero-order valence-electron chi connectivity index (χ0n) is 8.04. The Bertz CT molecular complexity index is 275. The van der Waals surface area contributed by atoms with Crippen molar-refractivity contribution in [3.8, 4) is 0 Å². The molecule has 0 aromatic heterocycles. The fourth-order valence-corrected chi connectivity index (χ4v) is 1.08. The molecule has 0 saturated heterocycles. The Hall–Kier alpha value is -1.15. The van der Waals surface area contributed by atoms with E-state index in [2.05, 4.69) is 0 Å². The third kappa shape index (κ3) is 2.99. The molecule has 2 nitrogen and oxygen atoms in total. The molecule has 0 heterocycles. The van der Waals surface area contributed by atoms with Crippen LogP contribution in [0.2, 0.25) is 0 Å². The molecule has 1 aromatic rings. The van der Waals surface area contributed by atoms with Crippen LogP contribution in [0.3, 0.4) is 0 Å². The van der Waals surface area contributed by atoms with E-state index in [1.807, 2.05) is 31.2 Å². The zero-order valence-corrected chi connectivity index (χ0v) is 8.04. The minimum atomic E-state index is 0.141. The van der Waals surface area contributed by atoms with Gasteiger partial charge in [0.1, 0.15) is 0 Å². The Morgan fingerprint density at radius 1 is 1.31 bits per heavy atom. The van der Waals surface area contributed by atoms with Gasteiger partial charge in [-0.3, -0.25) is 4.79 Å². The maximum Gasteiger partial charge on any atom is 0.165 e. The number of hydrogen-bond donors (Lipinski definition) is 0. The smallest absolute Gasteiger partial charge is 0.165 e. The third-order valence-electron chi connectivity index (χ3n) is 1.91. The number of aryl methyl sites for hydroxylation is 1. The lowest BCUT2D eigenvalue weighted by Gasteiger charge is -2.00. The average molecular weight is 178 g/mol. The average Bonchev–Trinajstić information content (AvgIpc) is 2.15. The van der Waals surface area contributed by atoms with E-state index >= 15 is 0 Å². The Labute approximate surface area is 78.5 Å². The number of ether oxygens (including phenoxy) is 1. The highest BCUT2D eigenvalue weighted by Gasteiger charge is 2.03. The van der Waals surface area contributed by atoms with Crippen LogP contribution < -0.4 is 0 Å². The van der Waals surface area contributed by atoms with Gasteiger partial charge in [-0.15, -0.1) is 0 Å². The van der Waals surface area contributed by atoms with Gasteiger partial charge in [0.2, 0.25) is 0 Å². The number of ketones is 1. The van der Waals surface area contributed by atoms with E-state index in [4.69, 9.17) is 4.74 Å². The molecule has 0 atom stereocenters. The standard InChI is InChI=1S/C11H14O2/c1-9-3-5-10(6-4-9)11(12)7-8-13-2/h3-6H,7-8H2,1-2H3. The van der Waals surface area contributed by atoms with Gasteiger partial charge in [0.25, 0.3) is 0 Å². The van der Waals surface area contributed by atoms with Crippen LogP contribution in [0.1, 0.15) is 22.3 Å². The fourth-order valence-electron chi connectivity index (χ4n) is 1.08. The van der Waals surface area contributed by atoms with Crippen molar-refractivity contribution in [3.05, 3.63) is 35.4 Å². The van der Waals surface area contributed by atoms with Crippen LogP contribution in [-0.4, -0.2) is 19.5 Å². The largest absolute Gasteiger partial charge is 0.384 e. The second-order valence-corrected chi connectivity index (χ2v) is 3.03. The Morgan fingerprint density at radius 2 is 1.92 bits per heavy atom. The highest BCUT2D eigenvalue weighted by atomic mass is 16.5. The van der Waals surface area contributed by atoms with Gasteiger partial charge in [0, 0.05) is 19.1 Å². The van der Waals surface area contributed by atoms with Gasteiger partial charge < -0.3 is 4.74 Å². The normalized spacial score (nSPS) is 10.0. The third-order valence-corrected chi connectivity index (χ3v) is 1.91. The number of methoxy groups -OCH3 is 1. The minimum absolute atomic E-state index is 0.141. The molecule has 1 rings (SSSR count). The molecular formula is C11H14O2. The molecule has 0 saturated carbocycles. The molecular weight excluding hydrogens is 164 g/mol. The van der Waals surface area contributed by atoms with Gasteiger partial charge in [-0.1, -0.05) is 29.8 Å². The second kappa shape index (κ2) is 4.77. The van der Waals surface area contributed by atoms with Gasteiger partial charge in [-0.25, -0.2) is 0 Å². The zero-order chi connectivity index (χ0) is 9.68. The van der Waals surface area contributed by atoms with Crippen LogP contribution in [0, 0.1) is 6.92 Å². The molecule has 0 bridgehead atoms. The number of carbonyl (C=O) groups excluding carboxylic acids is 1. The summed E-state index contributed by atoms with van der Waals surface area (Å²) in [6, 6.07) is 7.60. The van der Waals surface area contributed by atoms with Crippen molar-refractivity contribution < 1.29 is 9.53 Å². The molecule has 0 aliphatic carbocycles. The highest BCUT2D eigenvalue weighted by molar-refractivity contribution is 5.96. The van der Waals surface area contributed by atoms with E-state index in [-0.39, 0.29) is 5.78 Å². The monoisotopic (exact) mass is 178 g/mol. The maximum absolute atomic E-state index is 11.4. The van der Waals surface area contributed by atoms with Crippen LogP contribution in [-0.2, 0) is 4.74 Å². The van der Waals surface area contributed by atoms with E-state index < -0.39 is 0 Å². The van der Waals surface area contributed by atoms with Crippen molar-refractivity contribution in [1.29, 1.82) is 0 Å². The van der Waals surface area contributed by atoms with Gasteiger partial charge in [-0.05, 0) is 6.92 Å². The Balaban J connectivity index is 2.61. The van der Waals surface area contributed by atoms with Gasteiger partial charge in [0.05, 0.1) is 6.61 Å². The summed E-state index contributed by atoms with van der Waals surface area (Å²) >= 11 is 0. The summed E-state index contributed by atoms with van der Waals surface area (Å²) in [5.74, 6) is 0.141. The summed E-state index contributed by atoms with van der Waals surface area (Å²) in [4.78, 5) is 11.4. The van der Waals surface area contributed by atoms with Gasteiger partial charge >= 0.3 is 0 Å². The summed E-state index contributed by atoms with van der Waals surface area (Å²) < 4.78 is 4.84. The Morgan fingerprint density at radius 3 is 2.46 bits per heavy atom. The van der Waals surface area contributed by atoms with Crippen molar-refractivity contribution in [2.75, 3.05) is 13.7 Å². The van der Waals surface area contributed by atoms with Crippen LogP contribution >= 0.6 is 0 Å². The summed E-state index contributed by atoms with van der Waals surface area (Å²) in [7, 11) is 1.60. The summed E-state index contributed by atoms with van der Waals surface area (Å²) in [6.45, 7) is 2.50. The quantitative estimate of drug-likeness (QED) is 0.661. The molecule has 1 aromatic carbocycles. The van der Waals surface area contributed by atoms with Crippen LogP contribution in [0.25, 0.3) is 0 Å². The lowest BCUT2D eigenvalue weighted by Crippen LogP contribution is -2.02. The first-order chi connectivity index (χ1) is 6.24. The summed E-state index contributed by atoms with van der Waals surface area (Å²) in [5.41, 5.74) is 1.94. The van der Waals surface area contributed by atoms with Crippen LogP contribution in [0.15, 0.2) is 24.3 Å². The van der Waals surface area contributed by atoms with Crippen LogP contribution in [0.4, 0.5) is 0 Å². The molecule has 0 aliphatic heterocycles. The maximum atomic E-state index is 11.4. The topological polar surface area (TPSA) is 26.3 Å². The molecule has 0 aliphatic rings. The minimum Gasteiger partial charge on any atom is -0.384 e. The summed E-state index contributed by atoms with van der Waals surface area (Å²) in [5, 5.41) is 0. The van der Waals surface area contributed by atoms with Crippen molar-refractivity contribution in [2.24, 2.45) is 0 Å². The van der Waals surface area contributed by atoms with Crippen molar-refractivity contribution in [2.45, 2.75) is 13.3 Å². The van der Waals surface area contributed by atoms with E-state index in [1.165, 1.54) is 5.56 Å². The first kappa shape index (κ1) is 9.93. The lowest BCUT2D eigenvalue weighted by molar-refractivity contribution is 0.0932. The number of hydrogen-bond acceptors (Lipinski definition) is 2. The molecule has 0 amide bonds. The molecule has 13 heavy (non-hydrogen) atoms. The van der Waals surface area contributed by atoms with E-state index in [9.17, 15) is 4.79 Å². The predicted molar refractivity (Wildman–Crippen MR) is 52.0 cm³/mol. The van der Waals surface area contributed by atoms with Crippen LogP contribution in [0.5, 0.6) is 0 Å². The van der Waals surface area contributed by atoms with Gasteiger partial charge in [-0.2, -0.15) is 0 Å². The first-order valence-electron chi connectivity index (χ1n) is 4.33. The molecule has 0 unspecified atom stereocenters. The van der Waals surface area contributed by atoms with Gasteiger partial charge in [0.15, 0.2) is 5.78 Å². The first-order valence-corrected chi connectivity index (χ1v) is 4.33. The SMILES string of the molecule is COCCC(=O)c1ccc(C)cc1. The summed E-state index contributed by atoms with van der Waals surface area (Å²) in [6.07, 6.45) is 0.458. The van der Waals surface area contributed by atoms with E-state index in [1.54, 1.807) is 7.11 Å². The second-order valence-electron chi connectivity index (χ2n) is 3.03. The molecule has 2 heteroatoms. The molecule has 0 N–H and O–H groups in total. The fraction of sp³-hybridized carbons (Fsp3) is 0.364. The molecule has 0 spiro atoms. The van der Waals surface area contributed by atoms with Crippen molar-refractivity contribution >= 4 is 5.78 Å². The van der Waals surface area contributed by atoms with Crippen molar-refractivity contribution in [3.63, 3.8) is 0 Å². The van der Waals surface area contributed by atoms with Crippen molar-refractivity contribution in [1.82, 2.24) is 0 Å². The number of carbonyl (C=O) groups is 1. The molecule has 0 radical (unpaired) electrons. The predicted octanol–water partition coefficient (Wildman–Crippen LogP) is 2.21. The Kier molecular flexibility index (Phi) is 3.65. The van der Waals surface area contributed by atoms with E-state index in [0.29, 0.717) is 13.0 Å².